The zero-order valence-electron chi connectivity index (χ0n) is 27.2. The van der Waals surface area contributed by atoms with Crippen LogP contribution in [0.2, 0.25) is 0 Å². The Morgan fingerprint density at radius 3 is 1.96 bits per heavy atom. The molecule has 0 aliphatic carbocycles. The summed E-state index contributed by atoms with van der Waals surface area (Å²) in [6.45, 7) is 9.11. The second-order valence-corrected chi connectivity index (χ2v) is 14.0. The van der Waals surface area contributed by atoms with Crippen molar-refractivity contribution >= 4 is 64.3 Å². The number of benzene rings is 5. The van der Waals surface area contributed by atoms with Gasteiger partial charge >= 0.3 is 0 Å². The molecule has 237 valence electrons. The van der Waals surface area contributed by atoms with E-state index in [0.29, 0.717) is 11.8 Å². The van der Waals surface area contributed by atoms with Crippen LogP contribution >= 0.6 is 11.3 Å². The average Bonchev–Trinajstić information content (AvgIpc) is 3.77. The predicted octanol–water partition coefficient (Wildman–Crippen LogP) is 11.6. The molecule has 4 aromatic heterocycles. The van der Waals surface area contributed by atoms with Gasteiger partial charge in [-0.1, -0.05) is 111 Å². The van der Waals surface area contributed by atoms with Crippen molar-refractivity contribution in [2.45, 2.75) is 39.5 Å². The minimum Gasteiger partial charge on any atom is -0.350 e. The van der Waals surface area contributed by atoms with Gasteiger partial charge in [-0.15, -0.1) is 12.1 Å². The molecule has 0 spiro atoms. The predicted molar refractivity (Wildman–Crippen MR) is 199 cm³/mol. The van der Waals surface area contributed by atoms with Crippen LogP contribution in [-0.2, 0) is 20.1 Å². The standard InChI is InChI=1S/C42H33N4S.Ir/c1-25(2)27-15-11-16-28(26(3)4)40(27)46-36-22-23-43-24-33(36)44-42(46)32-20-21-37(39-31-14-7-10-19-38(31)47-41(32)39)45-34-17-8-5-12-29(34)30-13-6-9-18-35(30)45;/h5-19,21-26H,1-4H3;/q-1;. The molecule has 0 unspecified atom stereocenters. The molecule has 6 heteroatoms. The van der Waals surface area contributed by atoms with Crippen molar-refractivity contribution in [2.24, 2.45) is 0 Å². The zero-order valence-corrected chi connectivity index (χ0v) is 30.4. The normalized spacial score (nSPS) is 12.0. The summed E-state index contributed by atoms with van der Waals surface area (Å²) < 4.78 is 7.24. The molecule has 1 radical (unpaired) electrons. The number of pyridine rings is 1. The summed E-state index contributed by atoms with van der Waals surface area (Å²) in [7, 11) is 0. The first-order valence-corrected chi connectivity index (χ1v) is 17.1. The van der Waals surface area contributed by atoms with Crippen molar-refractivity contribution in [3.05, 3.63) is 133 Å². The Morgan fingerprint density at radius 2 is 1.29 bits per heavy atom. The maximum atomic E-state index is 5.34. The zero-order chi connectivity index (χ0) is 31.8. The van der Waals surface area contributed by atoms with Crippen molar-refractivity contribution in [3.8, 4) is 22.8 Å². The van der Waals surface area contributed by atoms with Gasteiger partial charge in [0.05, 0.1) is 23.1 Å². The Kier molecular flexibility index (Phi) is 7.56. The number of aromatic nitrogens is 4. The van der Waals surface area contributed by atoms with Crippen LogP contribution in [0.3, 0.4) is 0 Å². The van der Waals surface area contributed by atoms with E-state index >= 15 is 0 Å². The van der Waals surface area contributed by atoms with Crippen LogP contribution in [0.5, 0.6) is 0 Å². The summed E-state index contributed by atoms with van der Waals surface area (Å²) >= 11 is 1.83. The van der Waals surface area contributed by atoms with E-state index in [2.05, 4.69) is 151 Å². The van der Waals surface area contributed by atoms with E-state index in [1.54, 1.807) is 0 Å². The quantitative estimate of drug-likeness (QED) is 0.162. The molecule has 0 fully saturated rings. The van der Waals surface area contributed by atoms with Crippen molar-refractivity contribution < 1.29 is 20.1 Å². The van der Waals surface area contributed by atoms with E-state index in [1.807, 2.05) is 23.7 Å². The molecule has 48 heavy (non-hydrogen) atoms. The van der Waals surface area contributed by atoms with Gasteiger partial charge in [0.1, 0.15) is 0 Å². The molecular formula is C42H33IrN4S-. The third-order valence-electron chi connectivity index (χ3n) is 9.50. The molecule has 0 atom stereocenters. The molecule has 4 heterocycles. The number of imidazole rings is 1. The van der Waals surface area contributed by atoms with E-state index in [9.17, 15) is 0 Å². The molecule has 0 bridgehead atoms. The fraction of sp³-hybridized carbons (Fsp3) is 0.143. The molecule has 0 N–H and O–H groups in total. The topological polar surface area (TPSA) is 35.6 Å². The van der Waals surface area contributed by atoms with Gasteiger partial charge in [-0.2, -0.15) is 11.3 Å². The molecule has 0 amide bonds. The van der Waals surface area contributed by atoms with E-state index < -0.39 is 0 Å². The fourth-order valence-corrected chi connectivity index (χ4v) is 8.59. The van der Waals surface area contributed by atoms with Gasteiger partial charge in [0.2, 0.25) is 0 Å². The number of rotatable bonds is 5. The number of hydrogen-bond acceptors (Lipinski definition) is 3. The SMILES string of the molecule is CC(C)c1cccc(C(C)C)c1-n1c(-c2[c-]cc(-n3c4ccccc4c4ccccc43)c3c2sc2ccccc23)nc2cnccc21.[Ir]. The van der Waals surface area contributed by atoms with Crippen molar-refractivity contribution in [1.29, 1.82) is 0 Å². The first kappa shape index (κ1) is 30.7. The largest absolute Gasteiger partial charge is 0.350 e. The second kappa shape index (κ2) is 11.8. The maximum absolute atomic E-state index is 5.34. The molecule has 9 rings (SSSR count). The average molecular weight is 818 g/mol. The number of fused-ring (bicyclic) bond motifs is 7. The number of para-hydroxylation sites is 3. The Hall–Kier alpha value is -4.61. The Bertz CT molecular complexity index is 2580. The van der Waals surface area contributed by atoms with E-state index in [-0.39, 0.29) is 20.1 Å². The Balaban J connectivity index is 0.00000336. The number of nitrogens with zero attached hydrogens (tertiary/aromatic N) is 4. The summed E-state index contributed by atoms with van der Waals surface area (Å²) in [5.41, 5.74) is 10.3. The first-order valence-electron chi connectivity index (χ1n) is 16.3. The van der Waals surface area contributed by atoms with Crippen LogP contribution in [0, 0.1) is 6.07 Å². The molecule has 0 saturated heterocycles. The van der Waals surface area contributed by atoms with Gasteiger partial charge in [0, 0.05) is 58.5 Å². The van der Waals surface area contributed by atoms with E-state index in [1.165, 1.54) is 58.8 Å². The molecule has 5 aromatic carbocycles. The second-order valence-electron chi connectivity index (χ2n) is 13.0. The van der Waals surface area contributed by atoms with Crippen LogP contribution in [0.1, 0.15) is 50.7 Å². The molecule has 0 saturated carbocycles. The Labute approximate surface area is 297 Å². The van der Waals surface area contributed by atoms with Gasteiger partial charge in [-0.3, -0.25) is 9.97 Å². The van der Waals surface area contributed by atoms with E-state index in [4.69, 9.17) is 4.98 Å². The van der Waals surface area contributed by atoms with Crippen LogP contribution in [0.25, 0.3) is 75.8 Å². The van der Waals surface area contributed by atoms with Crippen LogP contribution in [-0.4, -0.2) is 19.1 Å². The van der Waals surface area contributed by atoms with Gasteiger partial charge < -0.3 is 9.13 Å². The maximum Gasteiger partial charge on any atom is 0.0957 e. The minimum absolute atomic E-state index is 0. The summed E-state index contributed by atoms with van der Waals surface area (Å²) in [5.74, 6) is 1.57. The van der Waals surface area contributed by atoms with E-state index in [0.717, 1.165) is 28.1 Å². The van der Waals surface area contributed by atoms with Gasteiger partial charge in [-0.25, -0.2) is 0 Å². The molecule has 0 aliphatic rings. The smallest absolute Gasteiger partial charge is 0.0957 e. The van der Waals surface area contributed by atoms with Crippen molar-refractivity contribution in [2.75, 3.05) is 0 Å². The van der Waals surface area contributed by atoms with Crippen molar-refractivity contribution in [3.63, 3.8) is 0 Å². The van der Waals surface area contributed by atoms with Crippen molar-refractivity contribution in [1.82, 2.24) is 19.1 Å². The number of hydrogen-bond donors (Lipinski definition) is 0. The van der Waals surface area contributed by atoms with Crippen LogP contribution in [0.4, 0.5) is 0 Å². The molecular weight excluding hydrogens is 785 g/mol. The van der Waals surface area contributed by atoms with Crippen LogP contribution in [0.15, 0.2) is 116 Å². The van der Waals surface area contributed by atoms with Gasteiger partial charge in [-0.05, 0) is 63.0 Å². The van der Waals surface area contributed by atoms with Crippen LogP contribution < -0.4 is 0 Å². The third kappa shape index (κ3) is 4.51. The fourth-order valence-electron chi connectivity index (χ4n) is 7.37. The Morgan fingerprint density at radius 1 is 0.667 bits per heavy atom. The summed E-state index contributed by atoms with van der Waals surface area (Å²) in [4.78, 5) is 9.83. The first-order chi connectivity index (χ1) is 23.0. The summed E-state index contributed by atoms with van der Waals surface area (Å²) in [6.07, 6.45) is 3.76. The third-order valence-corrected chi connectivity index (χ3v) is 10.7. The summed E-state index contributed by atoms with van der Waals surface area (Å²) in [5, 5.41) is 4.97. The minimum atomic E-state index is 0. The number of thiophene rings is 1. The van der Waals surface area contributed by atoms with Gasteiger partial charge in [0.25, 0.3) is 0 Å². The molecule has 9 aromatic rings. The molecule has 0 aliphatic heterocycles. The molecule has 4 nitrogen and oxygen atoms in total. The van der Waals surface area contributed by atoms with Gasteiger partial charge in [0.15, 0.2) is 0 Å². The summed E-state index contributed by atoms with van der Waals surface area (Å²) in [6, 6.07) is 41.1. The monoisotopic (exact) mass is 818 g/mol.